The van der Waals surface area contributed by atoms with Crippen LogP contribution in [0.3, 0.4) is 0 Å². The van der Waals surface area contributed by atoms with E-state index in [1.807, 2.05) is 79.5 Å². The summed E-state index contributed by atoms with van der Waals surface area (Å²) in [5.74, 6) is 0.709. The van der Waals surface area contributed by atoms with E-state index in [0.717, 1.165) is 49.9 Å². The first-order chi connectivity index (χ1) is 17.2. The average Bonchev–Trinajstić information content (AvgIpc) is 3.36. The third-order valence-corrected chi connectivity index (χ3v) is 7.64. The summed E-state index contributed by atoms with van der Waals surface area (Å²) in [5.41, 5.74) is 3.14. The molecule has 1 aromatic heterocycles. The largest absolute Gasteiger partial charge is 2.00 e. The fraction of sp³-hybridized carbons (Fsp3) is 0.433. The first-order valence-electron chi connectivity index (χ1n) is 12.7. The summed E-state index contributed by atoms with van der Waals surface area (Å²) in [6, 6.07) is 14.8. The molecular weight excluding hydrogens is 626 g/mol. The van der Waals surface area contributed by atoms with Crippen LogP contribution in [0.25, 0.3) is 10.9 Å². The van der Waals surface area contributed by atoms with Crippen molar-refractivity contribution in [2.45, 2.75) is 32.6 Å². The molecule has 204 valence electrons. The van der Waals surface area contributed by atoms with E-state index in [4.69, 9.17) is 0 Å². The number of para-hydroxylation sites is 1. The molecule has 2 fully saturated rings. The number of fused-ring (bicyclic) bond motifs is 1. The van der Waals surface area contributed by atoms with Crippen LogP contribution in [-0.2, 0) is 16.6 Å². The Morgan fingerprint density at radius 3 is 2.35 bits per heavy atom. The molecule has 1 atom stereocenters. The molecule has 2 aromatic carbocycles. The quantitative estimate of drug-likeness (QED) is 0.372. The van der Waals surface area contributed by atoms with E-state index in [1.54, 1.807) is 18.3 Å². The van der Waals surface area contributed by atoms with Gasteiger partial charge >= 0.3 is 46.9 Å². The number of aromatic nitrogens is 1. The maximum atomic E-state index is 13.3. The van der Waals surface area contributed by atoms with Crippen molar-refractivity contribution in [3.8, 4) is 0 Å². The predicted octanol–water partition coefficient (Wildman–Crippen LogP) is 4.96. The van der Waals surface area contributed by atoms with Gasteiger partial charge in [-0.15, -0.1) is 17.0 Å². The normalized spacial score (nSPS) is 18.9. The molecule has 2 saturated heterocycles. The van der Waals surface area contributed by atoms with Crippen LogP contribution in [0, 0.1) is 70.5 Å². The van der Waals surface area contributed by atoms with Crippen LogP contribution >= 0.6 is 0 Å². The van der Waals surface area contributed by atoms with Crippen molar-refractivity contribution in [3.63, 3.8) is 0 Å². The minimum atomic E-state index is -0.177. The van der Waals surface area contributed by atoms with Gasteiger partial charge in [0.1, 0.15) is 5.82 Å². The molecule has 0 bridgehead atoms. The Morgan fingerprint density at radius 1 is 1.08 bits per heavy atom. The van der Waals surface area contributed by atoms with E-state index in [0.29, 0.717) is 11.5 Å². The van der Waals surface area contributed by atoms with Crippen molar-refractivity contribution in [3.05, 3.63) is 78.1 Å². The van der Waals surface area contributed by atoms with Crippen molar-refractivity contribution in [1.82, 2.24) is 14.4 Å². The second-order valence-electron chi connectivity index (χ2n) is 10.7. The van der Waals surface area contributed by atoms with E-state index in [2.05, 4.69) is 11.9 Å². The maximum absolute atomic E-state index is 13.3. The van der Waals surface area contributed by atoms with Gasteiger partial charge in [0.25, 0.3) is 0 Å². The Balaban J connectivity index is 0.000000246. The fourth-order valence-electron chi connectivity index (χ4n) is 5.86. The number of hydrogen-bond acceptors (Lipinski definition) is 3. The second kappa shape index (κ2) is 13.0. The summed E-state index contributed by atoms with van der Waals surface area (Å²) in [6.45, 7) is 7.81. The number of aryl methyl sites for hydroxylation is 1. The van der Waals surface area contributed by atoms with Gasteiger partial charge in [-0.3, -0.25) is 0 Å². The molecule has 5 nitrogen and oxygen atoms in total. The fourth-order valence-corrected chi connectivity index (χ4v) is 5.86. The second-order valence-corrected chi connectivity index (χ2v) is 10.7. The van der Waals surface area contributed by atoms with Gasteiger partial charge in [-0.05, 0) is 55.6 Å². The molecule has 7 heteroatoms. The Bertz CT molecular complexity index is 1200. The minimum absolute atomic E-state index is 0. The van der Waals surface area contributed by atoms with Crippen LogP contribution in [-0.4, -0.2) is 59.8 Å². The number of rotatable bonds is 4. The van der Waals surface area contributed by atoms with Crippen molar-refractivity contribution < 1.29 is 60.9 Å². The van der Waals surface area contributed by atoms with Gasteiger partial charge in [0.2, 0.25) is 0 Å². The maximum Gasteiger partial charge on any atom is 2.00 e. The number of piperidine rings is 1. The Labute approximate surface area is 258 Å². The van der Waals surface area contributed by atoms with Gasteiger partial charge in [-0.1, -0.05) is 50.4 Å². The molecule has 2 aliphatic heterocycles. The van der Waals surface area contributed by atoms with Gasteiger partial charge in [0, 0.05) is 32.1 Å². The number of amides is 1. The number of halogens is 1. The van der Waals surface area contributed by atoms with E-state index >= 15 is 0 Å². The van der Waals surface area contributed by atoms with Crippen LogP contribution in [0.2, 0.25) is 0 Å². The number of carbonyl (C=O) groups excluding carboxylic acids is 2. The monoisotopic (exact) mass is 663 g/mol. The number of likely N-dealkylation sites (N-methyl/N-ethyl adjacent to an activating group) is 1. The van der Waals surface area contributed by atoms with Crippen molar-refractivity contribution >= 4 is 23.1 Å². The van der Waals surface area contributed by atoms with Gasteiger partial charge in [-0.2, -0.15) is 5.92 Å². The van der Waals surface area contributed by atoms with Gasteiger partial charge in [0.05, 0.1) is 12.2 Å². The summed E-state index contributed by atoms with van der Waals surface area (Å²) >= 11 is 0. The van der Waals surface area contributed by atoms with Crippen molar-refractivity contribution in [2.75, 3.05) is 33.2 Å². The minimum Gasteiger partial charge on any atom is -0.413 e. The van der Waals surface area contributed by atoms with Crippen LogP contribution in [0.4, 0.5) is 4.39 Å². The van der Waals surface area contributed by atoms with Crippen molar-refractivity contribution in [2.24, 2.45) is 18.4 Å². The third-order valence-electron chi connectivity index (χ3n) is 7.64. The first kappa shape index (κ1) is 29.9. The summed E-state index contributed by atoms with van der Waals surface area (Å²) in [4.78, 5) is 27.2. The molecular formula is C30H36FN3O2Yb. The zero-order valence-electron chi connectivity index (χ0n) is 22.0. The van der Waals surface area contributed by atoms with Gasteiger partial charge in [-0.25, -0.2) is 4.39 Å². The number of hydrogen-bond donors (Lipinski definition) is 0. The van der Waals surface area contributed by atoms with Crippen molar-refractivity contribution in [1.29, 1.82) is 0 Å². The molecule has 0 aliphatic carbocycles. The molecule has 0 radical (unpaired) electrons. The summed E-state index contributed by atoms with van der Waals surface area (Å²) in [5, 5.41) is 0.968. The standard InChI is InChI=1S/C20H28FN2O.C10H8NO.Yb/c1-15(2)12-19(24)23-10-8-20(9-11-23)14-22(3)13-18(20)16-4-6-17(21)7-5-16;1-11-6-8(7-12)9-4-2-3-5-10(9)11;/h4-7,12,15,18H,8-11,13-14H2,1-3H3;2-6H,1H3;/q2*-1;+2. The van der Waals surface area contributed by atoms with E-state index in [-0.39, 0.29) is 70.0 Å². The molecule has 0 saturated carbocycles. The van der Waals surface area contributed by atoms with Crippen LogP contribution in [0.15, 0.2) is 54.7 Å². The van der Waals surface area contributed by atoms with Gasteiger partial charge in [0.15, 0.2) is 0 Å². The average molecular weight is 663 g/mol. The SMILES string of the molecule is CC(C)[CH-]C(=O)N1CCC2(CC1)CN(C)CC2c1ccc(F)cc1.Cn1cc([C-]=O)c2ccccc21.[Yb+2]. The van der Waals surface area contributed by atoms with Crippen LogP contribution in [0.1, 0.15) is 43.7 Å². The number of benzene rings is 2. The smallest absolute Gasteiger partial charge is 0.413 e. The topological polar surface area (TPSA) is 45.6 Å². The Hall–Kier alpha value is -1.60. The van der Waals surface area contributed by atoms with E-state index in [1.165, 1.54) is 5.56 Å². The molecule has 2 aliphatic rings. The van der Waals surface area contributed by atoms with Crippen LogP contribution in [0.5, 0.6) is 0 Å². The van der Waals surface area contributed by atoms with Gasteiger partial charge < -0.3 is 30.4 Å². The number of carbonyl (C=O) groups is 1. The predicted molar refractivity (Wildman–Crippen MR) is 142 cm³/mol. The number of likely N-dealkylation sites (tertiary alicyclic amines) is 2. The first-order valence-corrected chi connectivity index (χ1v) is 12.7. The molecule has 1 amide bonds. The van der Waals surface area contributed by atoms with E-state index < -0.39 is 0 Å². The molecule has 5 rings (SSSR count). The zero-order valence-corrected chi connectivity index (χ0v) is 23.7. The summed E-state index contributed by atoms with van der Waals surface area (Å²) in [7, 11) is 4.08. The molecule has 3 aromatic rings. The molecule has 0 N–H and O–H groups in total. The zero-order chi connectivity index (χ0) is 25.9. The number of nitrogens with zero attached hydrogens (tertiary/aromatic N) is 3. The van der Waals surface area contributed by atoms with Crippen LogP contribution < -0.4 is 0 Å². The summed E-state index contributed by atoms with van der Waals surface area (Å²) < 4.78 is 15.2. The van der Waals surface area contributed by atoms with E-state index in [9.17, 15) is 14.0 Å². The third kappa shape index (κ3) is 6.89. The Morgan fingerprint density at radius 2 is 1.73 bits per heavy atom. The molecule has 3 heterocycles. The Kier molecular flexibility index (Phi) is 10.5. The molecule has 37 heavy (non-hydrogen) atoms. The molecule has 1 unspecified atom stereocenters. The molecule has 1 spiro atoms. The summed E-state index contributed by atoms with van der Waals surface area (Å²) in [6.07, 6.45) is 7.57.